The van der Waals surface area contributed by atoms with Crippen LogP contribution in [0.1, 0.15) is 28.4 Å². The van der Waals surface area contributed by atoms with E-state index in [4.69, 9.17) is 4.74 Å². The van der Waals surface area contributed by atoms with Gasteiger partial charge in [-0.3, -0.25) is 0 Å². The quantitative estimate of drug-likeness (QED) is 0.517. The van der Waals surface area contributed by atoms with Crippen molar-refractivity contribution >= 4 is 16.7 Å². The molecule has 112 valence electrons. The summed E-state index contributed by atoms with van der Waals surface area (Å²) in [4.78, 5) is 12.2. The fourth-order valence-corrected chi connectivity index (χ4v) is 2.38. The molecule has 0 radical (unpaired) electrons. The minimum Gasteiger partial charge on any atom is -0.462 e. The lowest BCUT2D eigenvalue weighted by Crippen LogP contribution is -2.07. The maximum atomic E-state index is 12.2. The highest BCUT2D eigenvalue weighted by Gasteiger charge is 2.12. The Morgan fingerprint density at radius 2 is 1.57 bits per heavy atom. The van der Waals surface area contributed by atoms with E-state index in [9.17, 15) is 4.79 Å². The van der Waals surface area contributed by atoms with Gasteiger partial charge in [-0.05, 0) is 42.0 Å². The van der Waals surface area contributed by atoms with E-state index >= 15 is 0 Å². The van der Waals surface area contributed by atoms with Gasteiger partial charge in [0.1, 0.15) is 0 Å². The molecule has 0 aliphatic carbocycles. The lowest BCUT2D eigenvalue weighted by Gasteiger charge is -2.07. The molecule has 0 aliphatic rings. The van der Waals surface area contributed by atoms with Crippen LogP contribution in [0, 0.1) is 11.8 Å². The average molecular weight is 300 g/mol. The Labute approximate surface area is 135 Å². The number of rotatable bonds is 2. The zero-order valence-electron chi connectivity index (χ0n) is 12.9. The summed E-state index contributed by atoms with van der Waals surface area (Å²) in [6.07, 6.45) is 0. The van der Waals surface area contributed by atoms with Crippen LogP contribution in [0.4, 0.5) is 0 Å². The van der Waals surface area contributed by atoms with Gasteiger partial charge in [-0.25, -0.2) is 4.79 Å². The molecule has 23 heavy (non-hydrogen) atoms. The van der Waals surface area contributed by atoms with Gasteiger partial charge in [0.15, 0.2) is 0 Å². The Hall–Kier alpha value is -3.05. The van der Waals surface area contributed by atoms with Crippen molar-refractivity contribution in [1.82, 2.24) is 0 Å². The Kier molecular flexibility index (Phi) is 4.40. The summed E-state index contributed by atoms with van der Waals surface area (Å²) in [6.45, 7) is 2.14. The van der Waals surface area contributed by atoms with Crippen molar-refractivity contribution < 1.29 is 9.53 Å². The van der Waals surface area contributed by atoms with Gasteiger partial charge in [-0.15, -0.1) is 0 Å². The third-order valence-corrected chi connectivity index (χ3v) is 3.50. The van der Waals surface area contributed by atoms with Crippen LogP contribution in [-0.2, 0) is 4.74 Å². The first-order chi connectivity index (χ1) is 11.3. The van der Waals surface area contributed by atoms with Crippen LogP contribution in [0.2, 0.25) is 0 Å². The molecule has 0 unspecified atom stereocenters. The second kappa shape index (κ2) is 6.81. The predicted molar refractivity (Wildman–Crippen MR) is 92.3 cm³/mol. The van der Waals surface area contributed by atoms with Crippen molar-refractivity contribution in [2.24, 2.45) is 0 Å². The molecule has 0 amide bonds. The Morgan fingerprint density at radius 3 is 2.26 bits per heavy atom. The first-order valence-electron chi connectivity index (χ1n) is 7.55. The number of hydrogen-bond donors (Lipinski definition) is 0. The molecule has 0 spiro atoms. The minimum absolute atomic E-state index is 0.337. The van der Waals surface area contributed by atoms with Crippen molar-refractivity contribution in [2.75, 3.05) is 6.61 Å². The number of benzene rings is 3. The van der Waals surface area contributed by atoms with Gasteiger partial charge in [0, 0.05) is 11.1 Å². The maximum absolute atomic E-state index is 12.2. The van der Waals surface area contributed by atoms with Crippen molar-refractivity contribution in [1.29, 1.82) is 0 Å². The van der Waals surface area contributed by atoms with Gasteiger partial charge in [0.25, 0.3) is 0 Å². The summed E-state index contributed by atoms with van der Waals surface area (Å²) >= 11 is 0. The molecule has 3 aromatic carbocycles. The predicted octanol–water partition coefficient (Wildman–Crippen LogP) is 4.42. The van der Waals surface area contributed by atoms with Crippen molar-refractivity contribution in [3.8, 4) is 11.8 Å². The summed E-state index contributed by atoms with van der Waals surface area (Å²) in [5.74, 6) is 5.88. The topological polar surface area (TPSA) is 26.3 Å². The Balaban J connectivity index is 2.11. The van der Waals surface area contributed by atoms with E-state index in [1.807, 2.05) is 66.7 Å². The maximum Gasteiger partial charge on any atom is 0.339 e. The molecule has 3 rings (SSSR count). The van der Waals surface area contributed by atoms with Gasteiger partial charge in [-0.1, -0.05) is 54.3 Å². The number of ether oxygens (including phenoxy) is 1. The zero-order valence-corrected chi connectivity index (χ0v) is 12.9. The van der Waals surface area contributed by atoms with Crippen LogP contribution in [0.3, 0.4) is 0 Å². The second-order valence-corrected chi connectivity index (χ2v) is 5.08. The number of esters is 1. The standard InChI is InChI=1S/C21H16O2/c1-2-23-21(22)20-15-18-11-7-6-10-17(18)14-19(20)13-12-16-8-4-3-5-9-16/h3-11,14-15H,2H2,1H3. The molecule has 0 heterocycles. The highest BCUT2D eigenvalue weighted by atomic mass is 16.5. The molecule has 0 aromatic heterocycles. The van der Waals surface area contributed by atoms with Crippen molar-refractivity contribution in [2.45, 2.75) is 6.92 Å². The third kappa shape index (κ3) is 3.41. The summed E-state index contributed by atoms with van der Waals surface area (Å²) < 4.78 is 5.16. The van der Waals surface area contributed by atoms with Crippen LogP contribution in [0.5, 0.6) is 0 Å². The van der Waals surface area contributed by atoms with E-state index in [-0.39, 0.29) is 5.97 Å². The smallest absolute Gasteiger partial charge is 0.339 e. The van der Waals surface area contributed by atoms with Crippen molar-refractivity contribution in [3.05, 3.63) is 83.4 Å². The van der Waals surface area contributed by atoms with Gasteiger partial charge in [-0.2, -0.15) is 0 Å². The molecule has 0 atom stereocenters. The largest absolute Gasteiger partial charge is 0.462 e. The van der Waals surface area contributed by atoms with Crippen molar-refractivity contribution in [3.63, 3.8) is 0 Å². The number of fused-ring (bicyclic) bond motifs is 1. The summed E-state index contributed by atoms with van der Waals surface area (Å²) in [7, 11) is 0. The molecular formula is C21H16O2. The summed E-state index contributed by atoms with van der Waals surface area (Å²) in [5.41, 5.74) is 2.11. The van der Waals surface area contributed by atoms with E-state index in [2.05, 4.69) is 11.8 Å². The van der Waals surface area contributed by atoms with Gasteiger partial charge < -0.3 is 4.74 Å². The highest BCUT2D eigenvalue weighted by Crippen LogP contribution is 2.20. The molecule has 2 nitrogen and oxygen atoms in total. The monoisotopic (exact) mass is 300 g/mol. The number of hydrogen-bond acceptors (Lipinski definition) is 2. The van der Waals surface area contributed by atoms with E-state index in [0.29, 0.717) is 17.7 Å². The first-order valence-corrected chi connectivity index (χ1v) is 7.55. The van der Waals surface area contributed by atoms with Crippen LogP contribution in [0.25, 0.3) is 10.8 Å². The van der Waals surface area contributed by atoms with Crippen LogP contribution in [0.15, 0.2) is 66.7 Å². The molecule has 3 aromatic rings. The third-order valence-electron chi connectivity index (χ3n) is 3.50. The van der Waals surface area contributed by atoms with E-state index in [1.54, 1.807) is 6.92 Å². The Bertz CT molecular complexity index is 899. The van der Waals surface area contributed by atoms with Crippen LogP contribution >= 0.6 is 0 Å². The Morgan fingerprint density at radius 1 is 0.913 bits per heavy atom. The SMILES string of the molecule is CCOC(=O)c1cc2ccccc2cc1C#Cc1ccccc1. The van der Waals surface area contributed by atoms with E-state index in [0.717, 1.165) is 16.3 Å². The van der Waals surface area contributed by atoms with E-state index in [1.165, 1.54) is 0 Å². The molecule has 0 saturated heterocycles. The van der Waals surface area contributed by atoms with Gasteiger partial charge in [0.2, 0.25) is 0 Å². The molecule has 0 bridgehead atoms. The highest BCUT2D eigenvalue weighted by molar-refractivity contribution is 5.98. The van der Waals surface area contributed by atoms with E-state index < -0.39 is 0 Å². The lowest BCUT2D eigenvalue weighted by molar-refractivity contribution is 0.0526. The zero-order chi connectivity index (χ0) is 16.1. The van der Waals surface area contributed by atoms with Crippen LogP contribution in [-0.4, -0.2) is 12.6 Å². The molecule has 0 aliphatic heterocycles. The normalized spacial score (nSPS) is 9.96. The lowest BCUT2D eigenvalue weighted by atomic mass is 10.0. The number of carbonyl (C=O) groups is 1. The fourth-order valence-electron chi connectivity index (χ4n) is 2.38. The summed E-state index contributed by atoms with van der Waals surface area (Å²) in [6, 6.07) is 21.4. The average Bonchev–Trinajstić information content (AvgIpc) is 2.60. The van der Waals surface area contributed by atoms with Gasteiger partial charge in [0.05, 0.1) is 12.2 Å². The second-order valence-electron chi connectivity index (χ2n) is 5.08. The fraction of sp³-hybridized carbons (Fsp3) is 0.0952. The molecule has 0 N–H and O–H groups in total. The minimum atomic E-state index is -0.337. The molecule has 2 heteroatoms. The molecular weight excluding hydrogens is 284 g/mol. The summed E-state index contributed by atoms with van der Waals surface area (Å²) in [5, 5.41) is 2.05. The molecule has 0 saturated carbocycles. The van der Waals surface area contributed by atoms with Gasteiger partial charge >= 0.3 is 5.97 Å². The number of carbonyl (C=O) groups excluding carboxylic acids is 1. The van der Waals surface area contributed by atoms with Crippen LogP contribution < -0.4 is 0 Å². The molecule has 0 fully saturated rings. The first kappa shape index (κ1) is 14.9.